The lowest BCUT2D eigenvalue weighted by Crippen LogP contribution is -2.40. The first-order valence-electron chi connectivity index (χ1n) is 8.02. The topological polar surface area (TPSA) is 21.3 Å². The summed E-state index contributed by atoms with van der Waals surface area (Å²) in [7, 11) is 0. The highest BCUT2D eigenvalue weighted by atomic mass is 32.2. The van der Waals surface area contributed by atoms with E-state index in [-0.39, 0.29) is 5.60 Å². The molecule has 2 aliphatic heterocycles. The molecular formula is C16H31NOS. The van der Waals surface area contributed by atoms with Gasteiger partial charge < -0.3 is 10.1 Å². The molecule has 0 radical (unpaired) electrons. The van der Waals surface area contributed by atoms with Crippen LogP contribution in [-0.2, 0) is 4.74 Å². The first-order chi connectivity index (χ1) is 9.10. The zero-order chi connectivity index (χ0) is 13.7. The Labute approximate surface area is 123 Å². The highest BCUT2D eigenvalue weighted by molar-refractivity contribution is 7.99. The van der Waals surface area contributed by atoms with E-state index < -0.39 is 0 Å². The molecule has 3 atom stereocenters. The number of rotatable bonds is 6. The summed E-state index contributed by atoms with van der Waals surface area (Å²) in [4.78, 5) is 0. The average molecular weight is 285 g/mol. The highest BCUT2D eigenvalue weighted by Crippen LogP contribution is 2.41. The molecule has 0 bridgehead atoms. The van der Waals surface area contributed by atoms with E-state index in [9.17, 15) is 0 Å². The molecule has 2 fully saturated rings. The Hall–Kier alpha value is 0.270. The molecule has 3 unspecified atom stereocenters. The molecule has 0 aromatic carbocycles. The maximum absolute atomic E-state index is 6.11. The molecular weight excluding hydrogens is 254 g/mol. The number of hydrogen-bond donors (Lipinski definition) is 1. The van der Waals surface area contributed by atoms with Crippen LogP contribution in [0.2, 0.25) is 0 Å². The van der Waals surface area contributed by atoms with E-state index in [0.29, 0.717) is 0 Å². The zero-order valence-electron chi connectivity index (χ0n) is 12.9. The summed E-state index contributed by atoms with van der Waals surface area (Å²) < 4.78 is 6.11. The van der Waals surface area contributed by atoms with Crippen LogP contribution in [0.15, 0.2) is 0 Å². The summed E-state index contributed by atoms with van der Waals surface area (Å²) in [5, 5.41) is 3.60. The van der Waals surface area contributed by atoms with E-state index in [2.05, 4.69) is 37.8 Å². The second kappa shape index (κ2) is 7.33. The van der Waals surface area contributed by atoms with Crippen molar-refractivity contribution in [3.8, 4) is 0 Å². The smallest absolute Gasteiger partial charge is 0.0783 e. The maximum atomic E-state index is 6.11. The second-order valence-corrected chi connectivity index (χ2v) is 8.19. The Morgan fingerprint density at radius 3 is 2.84 bits per heavy atom. The second-order valence-electron chi connectivity index (χ2n) is 7.09. The summed E-state index contributed by atoms with van der Waals surface area (Å²) in [6.07, 6.45) is 5.25. The Balaban J connectivity index is 1.69. The fraction of sp³-hybridized carbons (Fsp3) is 1.00. The molecule has 2 aliphatic rings. The van der Waals surface area contributed by atoms with E-state index in [0.717, 1.165) is 30.9 Å². The fourth-order valence-corrected chi connectivity index (χ4v) is 4.84. The van der Waals surface area contributed by atoms with Crippen LogP contribution in [0.25, 0.3) is 0 Å². The van der Waals surface area contributed by atoms with Crippen LogP contribution in [0, 0.1) is 17.8 Å². The van der Waals surface area contributed by atoms with Gasteiger partial charge in [0.05, 0.1) is 5.60 Å². The van der Waals surface area contributed by atoms with Gasteiger partial charge in [0.15, 0.2) is 0 Å². The molecule has 0 aromatic heterocycles. The van der Waals surface area contributed by atoms with Crippen molar-refractivity contribution < 1.29 is 4.74 Å². The third kappa shape index (κ3) is 4.95. The van der Waals surface area contributed by atoms with Crippen molar-refractivity contribution in [3.63, 3.8) is 0 Å². The van der Waals surface area contributed by atoms with Crippen LogP contribution < -0.4 is 5.32 Å². The lowest BCUT2D eigenvalue weighted by atomic mass is 9.81. The molecule has 2 saturated heterocycles. The van der Waals surface area contributed by atoms with Crippen molar-refractivity contribution in [2.45, 2.75) is 52.1 Å². The first-order valence-corrected chi connectivity index (χ1v) is 9.17. The van der Waals surface area contributed by atoms with Gasteiger partial charge in [-0.2, -0.15) is 11.8 Å². The monoisotopic (exact) mass is 285 g/mol. The summed E-state index contributed by atoms with van der Waals surface area (Å²) in [5.41, 5.74) is 0.263. The van der Waals surface area contributed by atoms with Crippen molar-refractivity contribution in [2.24, 2.45) is 17.8 Å². The van der Waals surface area contributed by atoms with Gasteiger partial charge in [-0.15, -0.1) is 0 Å². The molecule has 2 heterocycles. The summed E-state index contributed by atoms with van der Waals surface area (Å²) in [6, 6.07) is 0. The lowest BCUT2D eigenvalue weighted by Gasteiger charge is -2.38. The minimum Gasteiger partial charge on any atom is -0.374 e. The molecule has 1 N–H and O–H groups in total. The van der Waals surface area contributed by atoms with E-state index in [1.54, 1.807) is 0 Å². The maximum Gasteiger partial charge on any atom is 0.0783 e. The largest absolute Gasteiger partial charge is 0.374 e. The van der Waals surface area contributed by atoms with Crippen LogP contribution >= 0.6 is 11.8 Å². The zero-order valence-corrected chi connectivity index (χ0v) is 13.7. The predicted octanol–water partition coefficient (Wildman–Crippen LogP) is 3.56. The highest BCUT2D eigenvalue weighted by Gasteiger charge is 2.40. The molecule has 0 aliphatic carbocycles. The number of nitrogens with one attached hydrogen (secondary N) is 1. The van der Waals surface area contributed by atoms with Gasteiger partial charge in [0.2, 0.25) is 0 Å². The van der Waals surface area contributed by atoms with Crippen molar-refractivity contribution in [2.75, 3.05) is 31.2 Å². The minimum absolute atomic E-state index is 0.263. The van der Waals surface area contributed by atoms with Gasteiger partial charge in [0.25, 0.3) is 0 Å². The number of ether oxygens (including phenoxy) is 1. The Morgan fingerprint density at radius 1 is 1.32 bits per heavy atom. The van der Waals surface area contributed by atoms with E-state index in [4.69, 9.17) is 4.74 Å². The van der Waals surface area contributed by atoms with Crippen molar-refractivity contribution >= 4 is 11.8 Å². The van der Waals surface area contributed by atoms with Crippen molar-refractivity contribution in [1.29, 1.82) is 0 Å². The molecule has 2 rings (SSSR count). The third-order valence-electron chi connectivity index (χ3n) is 4.44. The molecule has 3 heteroatoms. The molecule has 112 valence electrons. The summed E-state index contributed by atoms with van der Waals surface area (Å²) in [6.45, 7) is 10.3. The van der Waals surface area contributed by atoms with Gasteiger partial charge in [0, 0.05) is 12.4 Å². The molecule has 1 spiro atoms. The SMILES string of the molecule is CC(C)CNCC(C)CC1CCOC2(CCSC2)C1. The Morgan fingerprint density at radius 2 is 2.16 bits per heavy atom. The normalized spacial score (nSPS) is 33.2. The fourth-order valence-electron chi connectivity index (χ4n) is 3.46. The van der Waals surface area contributed by atoms with Crippen molar-refractivity contribution in [3.05, 3.63) is 0 Å². The van der Waals surface area contributed by atoms with E-state index >= 15 is 0 Å². The van der Waals surface area contributed by atoms with Gasteiger partial charge in [-0.05, 0) is 62.3 Å². The van der Waals surface area contributed by atoms with Crippen LogP contribution in [0.5, 0.6) is 0 Å². The van der Waals surface area contributed by atoms with Gasteiger partial charge in [-0.25, -0.2) is 0 Å². The molecule has 0 aromatic rings. The average Bonchev–Trinajstić information content (AvgIpc) is 2.76. The Bertz CT molecular complexity index is 263. The molecule has 0 saturated carbocycles. The first kappa shape index (κ1) is 15.7. The quantitative estimate of drug-likeness (QED) is 0.806. The van der Waals surface area contributed by atoms with Gasteiger partial charge in [-0.1, -0.05) is 20.8 Å². The third-order valence-corrected chi connectivity index (χ3v) is 5.67. The van der Waals surface area contributed by atoms with Crippen LogP contribution in [0.4, 0.5) is 0 Å². The standard InChI is InChI=1S/C16H31NOS/c1-13(2)10-17-11-14(3)8-15-4-6-18-16(9-15)5-7-19-12-16/h13-15,17H,4-12H2,1-3H3. The van der Waals surface area contributed by atoms with Crippen LogP contribution in [-0.4, -0.2) is 36.8 Å². The lowest BCUT2D eigenvalue weighted by molar-refractivity contribution is -0.0823. The van der Waals surface area contributed by atoms with Crippen LogP contribution in [0.3, 0.4) is 0 Å². The molecule has 0 amide bonds. The van der Waals surface area contributed by atoms with Gasteiger partial charge in [-0.3, -0.25) is 0 Å². The Kier molecular flexibility index (Phi) is 6.04. The van der Waals surface area contributed by atoms with Crippen LogP contribution in [0.1, 0.15) is 46.5 Å². The van der Waals surface area contributed by atoms with E-state index in [1.807, 2.05) is 0 Å². The van der Waals surface area contributed by atoms with Gasteiger partial charge >= 0.3 is 0 Å². The molecule has 2 nitrogen and oxygen atoms in total. The number of hydrogen-bond acceptors (Lipinski definition) is 3. The summed E-state index contributed by atoms with van der Waals surface area (Å²) >= 11 is 2.08. The summed E-state index contributed by atoms with van der Waals surface area (Å²) in [5.74, 6) is 4.99. The molecule has 19 heavy (non-hydrogen) atoms. The van der Waals surface area contributed by atoms with Gasteiger partial charge in [0.1, 0.15) is 0 Å². The number of thioether (sulfide) groups is 1. The van der Waals surface area contributed by atoms with E-state index in [1.165, 1.54) is 43.7 Å². The predicted molar refractivity (Wildman–Crippen MR) is 84.8 cm³/mol. The van der Waals surface area contributed by atoms with Crippen molar-refractivity contribution in [1.82, 2.24) is 5.32 Å². The minimum atomic E-state index is 0.263.